The van der Waals surface area contributed by atoms with E-state index < -0.39 is 11.7 Å². The fourth-order valence-electron chi connectivity index (χ4n) is 2.62. The van der Waals surface area contributed by atoms with E-state index in [4.69, 9.17) is 0 Å². The molecule has 3 nitrogen and oxygen atoms in total. The van der Waals surface area contributed by atoms with Gasteiger partial charge in [-0.2, -0.15) is 13.2 Å². The first-order valence-corrected chi connectivity index (χ1v) is 6.74. The molecular formula is C15H16F3NO2. The smallest absolute Gasteiger partial charge is 0.371 e. The molecule has 1 saturated heterocycles. The predicted octanol–water partition coefficient (Wildman–Crippen LogP) is 3.32. The maximum Gasteiger partial charge on any atom is 0.416 e. The number of hydrogen-bond acceptors (Lipinski definition) is 3. The van der Waals surface area contributed by atoms with Crippen LogP contribution in [0.25, 0.3) is 0 Å². The third kappa shape index (κ3) is 3.43. The molecule has 1 aliphatic heterocycles. The number of hydrogen-bond donors (Lipinski definition) is 0. The van der Waals surface area contributed by atoms with E-state index in [-0.39, 0.29) is 17.3 Å². The fraction of sp³-hybridized carbons (Fsp3) is 0.467. The van der Waals surface area contributed by atoms with Gasteiger partial charge in [0.1, 0.15) is 5.78 Å². The van der Waals surface area contributed by atoms with E-state index in [1.165, 1.54) is 13.0 Å². The molecular weight excluding hydrogens is 283 g/mol. The van der Waals surface area contributed by atoms with Gasteiger partial charge in [0.05, 0.1) is 5.56 Å². The Morgan fingerprint density at radius 1 is 1.29 bits per heavy atom. The maximum atomic E-state index is 12.8. The van der Waals surface area contributed by atoms with Gasteiger partial charge in [-0.3, -0.25) is 9.59 Å². The number of aldehydes is 1. The molecule has 0 N–H and O–H groups in total. The molecule has 1 aromatic rings. The number of rotatable bonds is 3. The van der Waals surface area contributed by atoms with E-state index >= 15 is 0 Å². The van der Waals surface area contributed by atoms with E-state index in [1.54, 1.807) is 4.90 Å². The molecule has 0 unspecified atom stereocenters. The third-order valence-corrected chi connectivity index (χ3v) is 3.90. The van der Waals surface area contributed by atoms with Crippen LogP contribution in [0, 0.1) is 5.92 Å². The summed E-state index contributed by atoms with van der Waals surface area (Å²) in [5.74, 6) is 0.0704. The lowest BCUT2D eigenvalue weighted by Gasteiger charge is -2.33. The standard InChI is InChI=1S/C15H16F3NO2/c1-10(21)11-4-6-19(7-5-11)14-8-13(15(16,17)18)3-2-12(14)9-20/h2-3,8-9,11H,4-7H2,1H3. The molecule has 1 heterocycles. The van der Waals surface area contributed by atoms with E-state index in [0.29, 0.717) is 37.9 Å². The zero-order chi connectivity index (χ0) is 15.6. The van der Waals surface area contributed by atoms with Gasteiger partial charge in [-0.25, -0.2) is 0 Å². The molecule has 1 aliphatic rings. The molecule has 0 radical (unpaired) electrons. The summed E-state index contributed by atoms with van der Waals surface area (Å²) in [6.45, 7) is 2.49. The molecule has 0 aromatic heterocycles. The van der Waals surface area contributed by atoms with Crippen LogP contribution in [-0.4, -0.2) is 25.2 Å². The van der Waals surface area contributed by atoms with Crippen molar-refractivity contribution in [2.45, 2.75) is 25.9 Å². The average molecular weight is 299 g/mol. The first-order chi connectivity index (χ1) is 9.82. The molecule has 2 rings (SSSR count). The van der Waals surface area contributed by atoms with Crippen LogP contribution in [0.4, 0.5) is 18.9 Å². The molecule has 1 fully saturated rings. The second kappa shape index (κ2) is 5.87. The molecule has 0 saturated carbocycles. The summed E-state index contributed by atoms with van der Waals surface area (Å²) in [5, 5.41) is 0. The van der Waals surface area contributed by atoms with Crippen LogP contribution in [-0.2, 0) is 11.0 Å². The van der Waals surface area contributed by atoms with Crippen LogP contribution in [0.2, 0.25) is 0 Å². The predicted molar refractivity (Wildman–Crippen MR) is 72.4 cm³/mol. The lowest BCUT2D eigenvalue weighted by molar-refractivity contribution is -0.137. The molecule has 0 spiro atoms. The van der Waals surface area contributed by atoms with Gasteiger partial charge in [0.15, 0.2) is 6.29 Å². The van der Waals surface area contributed by atoms with Gasteiger partial charge in [-0.1, -0.05) is 0 Å². The topological polar surface area (TPSA) is 37.4 Å². The molecule has 21 heavy (non-hydrogen) atoms. The minimum absolute atomic E-state index is 0.0354. The summed E-state index contributed by atoms with van der Waals surface area (Å²) >= 11 is 0. The first-order valence-electron chi connectivity index (χ1n) is 6.74. The van der Waals surface area contributed by atoms with Crippen molar-refractivity contribution in [3.8, 4) is 0 Å². The number of ketones is 1. The van der Waals surface area contributed by atoms with Gasteiger partial charge in [0, 0.05) is 30.3 Å². The van der Waals surface area contributed by atoms with Crippen molar-refractivity contribution in [2.75, 3.05) is 18.0 Å². The van der Waals surface area contributed by atoms with Crippen molar-refractivity contribution in [3.05, 3.63) is 29.3 Å². The van der Waals surface area contributed by atoms with Crippen molar-refractivity contribution >= 4 is 17.8 Å². The number of carbonyl (C=O) groups is 2. The SMILES string of the molecule is CC(=O)C1CCN(c2cc(C(F)(F)F)ccc2C=O)CC1. The van der Waals surface area contributed by atoms with E-state index in [0.717, 1.165) is 12.1 Å². The van der Waals surface area contributed by atoms with Crippen molar-refractivity contribution in [1.29, 1.82) is 0 Å². The molecule has 6 heteroatoms. The summed E-state index contributed by atoms with van der Waals surface area (Å²) in [6.07, 6.45) is -2.67. The number of anilines is 1. The minimum Gasteiger partial charge on any atom is -0.371 e. The highest BCUT2D eigenvalue weighted by Crippen LogP contribution is 2.34. The Bertz CT molecular complexity index is 546. The highest BCUT2D eigenvalue weighted by atomic mass is 19.4. The largest absolute Gasteiger partial charge is 0.416 e. The molecule has 1 aromatic carbocycles. The Hall–Kier alpha value is -1.85. The number of benzene rings is 1. The fourth-order valence-corrected chi connectivity index (χ4v) is 2.62. The summed E-state index contributed by atoms with van der Waals surface area (Å²) in [6, 6.07) is 3.12. The Labute approximate surface area is 120 Å². The van der Waals surface area contributed by atoms with E-state index in [9.17, 15) is 22.8 Å². The maximum absolute atomic E-state index is 12.8. The van der Waals surface area contributed by atoms with Crippen LogP contribution in [0.1, 0.15) is 35.7 Å². The van der Waals surface area contributed by atoms with Crippen molar-refractivity contribution < 1.29 is 22.8 Å². The number of piperidine rings is 1. The van der Waals surface area contributed by atoms with Gasteiger partial charge in [-0.05, 0) is 38.0 Å². The van der Waals surface area contributed by atoms with Gasteiger partial charge < -0.3 is 4.90 Å². The van der Waals surface area contributed by atoms with Crippen LogP contribution < -0.4 is 4.90 Å². The summed E-state index contributed by atoms with van der Waals surface area (Å²) in [5.41, 5.74) is -0.233. The summed E-state index contributed by atoms with van der Waals surface area (Å²) < 4.78 is 38.4. The van der Waals surface area contributed by atoms with Crippen LogP contribution >= 0.6 is 0 Å². The molecule has 0 aliphatic carbocycles. The van der Waals surface area contributed by atoms with E-state index in [1.807, 2.05) is 0 Å². The molecule has 114 valence electrons. The second-order valence-electron chi connectivity index (χ2n) is 5.26. The molecule has 0 amide bonds. The quantitative estimate of drug-likeness (QED) is 0.803. The minimum atomic E-state index is -4.44. The zero-order valence-corrected chi connectivity index (χ0v) is 11.6. The van der Waals surface area contributed by atoms with Crippen LogP contribution in [0.15, 0.2) is 18.2 Å². The monoisotopic (exact) mass is 299 g/mol. The number of carbonyl (C=O) groups excluding carboxylic acids is 2. The normalized spacial score (nSPS) is 16.9. The van der Waals surface area contributed by atoms with Crippen LogP contribution in [0.5, 0.6) is 0 Å². The van der Waals surface area contributed by atoms with Crippen molar-refractivity contribution in [3.63, 3.8) is 0 Å². The zero-order valence-electron chi connectivity index (χ0n) is 11.6. The summed E-state index contributed by atoms with van der Waals surface area (Å²) in [7, 11) is 0. The first kappa shape index (κ1) is 15.5. The lowest BCUT2D eigenvalue weighted by atomic mass is 9.92. The molecule has 0 bridgehead atoms. The van der Waals surface area contributed by atoms with Gasteiger partial charge in [-0.15, -0.1) is 0 Å². The number of Topliss-reactive ketones (excluding diaryl/α,β-unsaturated/α-hetero) is 1. The Morgan fingerprint density at radius 3 is 2.38 bits per heavy atom. The Balaban J connectivity index is 2.26. The lowest BCUT2D eigenvalue weighted by Crippen LogP contribution is -2.36. The van der Waals surface area contributed by atoms with Gasteiger partial charge in [0.25, 0.3) is 0 Å². The average Bonchev–Trinajstić information content (AvgIpc) is 2.45. The summed E-state index contributed by atoms with van der Waals surface area (Å²) in [4.78, 5) is 24.1. The van der Waals surface area contributed by atoms with Crippen LogP contribution in [0.3, 0.4) is 0 Å². The Kier molecular flexibility index (Phi) is 4.34. The third-order valence-electron chi connectivity index (χ3n) is 3.90. The number of nitrogens with zero attached hydrogens (tertiary/aromatic N) is 1. The highest BCUT2D eigenvalue weighted by molar-refractivity contribution is 5.85. The Morgan fingerprint density at radius 2 is 1.90 bits per heavy atom. The van der Waals surface area contributed by atoms with Gasteiger partial charge in [0.2, 0.25) is 0 Å². The van der Waals surface area contributed by atoms with Crippen molar-refractivity contribution in [2.24, 2.45) is 5.92 Å². The number of alkyl halides is 3. The number of halogens is 3. The van der Waals surface area contributed by atoms with Crippen molar-refractivity contribution in [1.82, 2.24) is 0 Å². The molecule has 0 atom stereocenters. The second-order valence-corrected chi connectivity index (χ2v) is 5.26. The van der Waals surface area contributed by atoms with Gasteiger partial charge >= 0.3 is 6.18 Å². The highest BCUT2D eigenvalue weighted by Gasteiger charge is 2.32. The van der Waals surface area contributed by atoms with E-state index in [2.05, 4.69) is 0 Å².